The Morgan fingerprint density at radius 3 is 2.43 bits per heavy atom. The van der Waals surface area contributed by atoms with E-state index in [2.05, 4.69) is 15.9 Å². The summed E-state index contributed by atoms with van der Waals surface area (Å²) in [6, 6.07) is 6.71. The van der Waals surface area contributed by atoms with E-state index in [0.29, 0.717) is 49.5 Å². The third-order valence-corrected chi connectivity index (χ3v) is 7.70. The Hall–Kier alpha value is -4.07. The van der Waals surface area contributed by atoms with Crippen LogP contribution < -0.4 is 40.5 Å². The molecule has 1 radical (unpaired) electrons. The third kappa shape index (κ3) is 9.47. The second-order valence-corrected chi connectivity index (χ2v) is 11.0. The zero-order valence-corrected chi connectivity index (χ0v) is 27.1. The van der Waals surface area contributed by atoms with E-state index in [0.717, 1.165) is 29.7 Å². The highest BCUT2D eigenvalue weighted by Crippen LogP contribution is 2.50. The largest absolute Gasteiger partial charge is 0.493 e. The molecule has 2 amide bonds. The van der Waals surface area contributed by atoms with Crippen LogP contribution in [-0.2, 0) is 25.6 Å². The van der Waals surface area contributed by atoms with Crippen LogP contribution in [0.15, 0.2) is 24.3 Å². The van der Waals surface area contributed by atoms with Crippen LogP contribution >= 0.6 is 0 Å². The maximum atomic E-state index is 12.8. The van der Waals surface area contributed by atoms with Gasteiger partial charge in [-0.15, -0.1) is 0 Å². The maximum Gasteiger partial charge on any atom is 0.373 e. The standard InChI is InChI=1S/C31H43B2N4O9/c1-18(38)37-24-12-9-19-16-25(43-3)28(44-4)29(45-5)27(19)21-11-10-20(17-23(21)24)46-26(39)13-15-35-31(41)22(30(40)32-34)8-6-7-14-36-33(2)42/h10-11,16-17,22,24,36,42H,6-9,12-15,34H2,1-5H3,(H,35,41)(H,37,38)/t22-,24-/m0/s1. The lowest BCUT2D eigenvalue weighted by atomic mass is 9.77. The number of esters is 1. The predicted molar refractivity (Wildman–Crippen MR) is 174 cm³/mol. The van der Waals surface area contributed by atoms with Crippen LogP contribution in [0.4, 0.5) is 0 Å². The van der Waals surface area contributed by atoms with Gasteiger partial charge in [-0.05, 0) is 73.9 Å². The zero-order valence-electron chi connectivity index (χ0n) is 27.1. The van der Waals surface area contributed by atoms with Crippen molar-refractivity contribution < 1.29 is 43.1 Å². The smallest absolute Gasteiger partial charge is 0.373 e. The number of rotatable bonds is 17. The van der Waals surface area contributed by atoms with Gasteiger partial charge in [-0.1, -0.05) is 12.5 Å². The third-order valence-electron chi connectivity index (χ3n) is 7.70. The number of amides is 2. The van der Waals surface area contributed by atoms with Crippen molar-refractivity contribution in [1.29, 1.82) is 0 Å². The lowest BCUT2D eigenvalue weighted by Crippen LogP contribution is -2.40. The molecule has 3 rings (SSSR count). The molecule has 46 heavy (non-hydrogen) atoms. The minimum absolute atomic E-state index is 0.0404. The highest BCUT2D eigenvalue weighted by atomic mass is 16.5. The minimum Gasteiger partial charge on any atom is -0.493 e. The number of nitrogens with one attached hydrogen (secondary N) is 3. The molecule has 2 aromatic rings. The molecule has 0 saturated heterocycles. The van der Waals surface area contributed by atoms with Crippen LogP contribution in [0.25, 0.3) is 11.1 Å². The molecule has 0 spiro atoms. The molecule has 0 aromatic heterocycles. The van der Waals surface area contributed by atoms with E-state index in [1.165, 1.54) is 14.0 Å². The van der Waals surface area contributed by atoms with Crippen LogP contribution in [0.1, 0.15) is 56.2 Å². The van der Waals surface area contributed by atoms with Crippen molar-refractivity contribution >= 4 is 37.9 Å². The fraction of sp³-hybridized carbons (Fsp3) is 0.484. The number of unbranched alkanes of at least 4 members (excludes halogenated alkanes) is 1. The first-order valence-corrected chi connectivity index (χ1v) is 15.3. The van der Waals surface area contributed by atoms with Crippen molar-refractivity contribution in [2.75, 3.05) is 34.4 Å². The van der Waals surface area contributed by atoms with Gasteiger partial charge in [0.1, 0.15) is 11.4 Å². The highest BCUT2D eigenvalue weighted by molar-refractivity contribution is 6.73. The number of carbonyl (C=O) groups excluding carboxylic acids is 4. The van der Waals surface area contributed by atoms with Gasteiger partial charge in [0.05, 0.1) is 39.7 Å². The number of ether oxygens (including phenoxy) is 4. The summed E-state index contributed by atoms with van der Waals surface area (Å²) in [4.78, 5) is 49.9. The van der Waals surface area contributed by atoms with Gasteiger partial charge in [0.15, 0.2) is 11.5 Å². The van der Waals surface area contributed by atoms with Crippen molar-refractivity contribution in [2.45, 2.75) is 58.3 Å². The SMILES string of the molecule is COc1cc2c(c(OC)c1OC)-c1ccc(OC(=O)CCNC(=O)[C@@H](CCCCNB(C)O)C(=O)[B]N)cc1[C@@H](NC(C)=O)CC2. The predicted octanol–water partition coefficient (Wildman–Crippen LogP) is 1.51. The molecule has 0 fully saturated rings. The van der Waals surface area contributed by atoms with Crippen LogP contribution in [0, 0.1) is 5.92 Å². The van der Waals surface area contributed by atoms with Crippen molar-refractivity contribution in [3.8, 4) is 34.1 Å². The molecule has 15 heteroatoms. The molecular formula is C31H43B2N4O9. The van der Waals surface area contributed by atoms with Gasteiger partial charge in [-0.25, -0.2) is 0 Å². The lowest BCUT2D eigenvalue weighted by molar-refractivity contribution is -0.134. The van der Waals surface area contributed by atoms with Crippen molar-refractivity contribution in [3.63, 3.8) is 0 Å². The molecule has 0 unspecified atom stereocenters. The van der Waals surface area contributed by atoms with Crippen LogP contribution in [0.2, 0.25) is 6.82 Å². The summed E-state index contributed by atoms with van der Waals surface area (Å²) in [6.45, 7) is 3.55. The first-order chi connectivity index (χ1) is 22.0. The quantitative estimate of drug-likeness (QED) is 0.0556. The van der Waals surface area contributed by atoms with Gasteiger partial charge in [-0.3, -0.25) is 14.4 Å². The molecule has 1 aliphatic rings. The molecule has 0 aliphatic heterocycles. The van der Waals surface area contributed by atoms with Crippen molar-refractivity contribution in [3.05, 3.63) is 35.4 Å². The van der Waals surface area contributed by atoms with Gasteiger partial charge >= 0.3 is 13.0 Å². The van der Waals surface area contributed by atoms with E-state index < -0.39 is 30.5 Å². The zero-order chi connectivity index (χ0) is 33.8. The monoisotopic (exact) mass is 637 g/mol. The number of nitrogens with two attached hydrogens (primary N) is 1. The molecule has 0 bridgehead atoms. The Morgan fingerprint density at radius 2 is 1.80 bits per heavy atom. The fourth-order valence-corrected chi connectivity index (χ4v) is 5.57. The van der Waals surface area contributed by atoms with Gasteiger partial charge in [0.2, 0.25) is 17.6 Å². The average Bonchev–Trinajstić information content (AvgIpc) is 3.17. The number of benzene rings is 2. The highest BCUT2D eigenvalue weighted by Gasteiger charge is 2.30. The van der Waals surface area contributed by atoms with Crippen LogP contribution in [0.5, 0.6) is 23.0 Å². The van der Waals surface area contributed by atoms with Gasteiger partial charge < -0.3 is 50.3 Å². The topological polar surface area (TPSA) is 188 Å². The number of fused-ring (bicyclic) bond motifs is 3. The van der Waals surface area contributed by atoms with Crippen LogP contribution in [-0.4, -0.2) is 77.4 Å². The Kier molecular flexibility index (Phi) is 13.9. The van der Waals surface area contributed by atoms with E-state index in [1.54, 1.807) is 33.2 Å². The fourth-order valence-electron chi connectivity index (χ4n) is 5.57. The first kappa shape index (κ1) is 36.4. The molecule has 13 nitrogen and oxygen atoms in total. The first-order valence-electron chi connectivity index (χ1n) is 15.3. The number of aryl methyl sites for hydroxylation is 1. The summed E-state index contributed by atoms with van der Waals surface area (Å²) in [7, 11) is 4.86. The van der Waals surface area contributed by atoms with E-state index in [4.69, 9.17) is 24.6 Å². The summed E-state index contributed by atoms with van der Waals surface area (Å²) in [5, 5.41) is 17.8. The summed E-state index contributed by atoms with van der Waals surface area (Å²) in [5.41, 5.74) is 8.15. The minimum atomic E-state index is -0.971. The number of methoxy groups -OCH3 is 3. The maximum absolute atomic E-state index is 12.8. The van der Waals surface area contributed by atoms with E-state index in [1.807, 2.05) is 12.1 Å². The van der Waals surface area contributed by atoms with Crippen molar-refractivity contribution in [1.82, 2.24) is 15.9 Å². The van der Waals surface area contributed by atoms with Crippen molar-refractivity contribution in [2.24, 2.45) is 11.6 Å². The second-order valence-electron chi connectivity index (χ2n) is 11.0. The normalized spacial score (nSPS) is 14.0. The Labute approximate surface area is 270 Å². The van der Waals surface area contributed by atoms with E-state index in [-0.39, 0.29) is 37.1 Å². The van der Waals surface area contributed by atoms with Gasteiger partial charge in [0.25, 0.3) is 7.41 Å². The molecule has 2 atom stereocenters. The molecule has 2 aromatic carbocycles. The number of carbonyl (C=O) groups is 4. The van der Waals surface area contributed by atoms with E-state index in [9.17, 15) is 24.2 Å². The Morgan fingerprint density at radius 1 is 1.07 bits per heavy atom. The lowest BCUT2D eigenvalue weighted by Gasteiger charge is -2.21. The molecule has 0 saturated carbocycles. The summed E-state index contributed by atoms with van der Waals surface area (Å²) in [6.07, 6.45) is 2.53. The van der Waals surface area contributed by atoms with Crippen LogP contribution in [0.3, 0.4) is 0 Å². The second kappa shape index (κ2) is 17.6. The number of hydrogen-bond acceptors (Lipinski definition) is 11. The molecule has 1 aliphatic carbocycles. The van der Waals surface area contributed by atoms with E-state index >= 15 is 0 Å². The summed E-state index contributed by atoms with van der Waals surface area (Å²) >= 11 is 0. The summed E-state index contributed by atoms with van der Waals surface area (Å²) < 4.78 is 22.6. The number of hydrogen-bond donors (Lipinski definition) is 5. The Bertz CT molecular complexity index is 1410. The van der Waals surface area contributed by atoms with Gasteiger partial charge in [-0.2, -0.15) is 0 Å². The summed E-state index contributed by atoms with van der Waals surface area (Å²) in [5.74, 6) is -0.571. The Balaban J connectivity index is 1.74. The molecule has 0 heterocycles. The molecule has 6 N–H and O–H groups in total. The molecular weight excluding hydrogens is 594 g/mol. The average molecular weight is 637 g/mol. The van der Waals surface area contributed by atoms with Gasteiger partial charge in [0, 0.05) is 19.0 Å². The molecule has 247 valence electrons.